The zero-order chi connectivity index (χ0) is 13.0. The second kappa shape index (κ2) is 5.81. The van der Waals surface area contributed by atoms with Gasteiger partial charge in [-0.15, -0.1) is 0 Å². The van der Waals surface area contributed by atoms with Crippen molar-refractivity contribution in [2.24, 2.45) is 5.10 Å². The molecule has 0 aliphatic carbocycles. The number of ether oxygens (including phenoxy) is 1. The van der Waals surface area contributed by atoms with Crippen LogP contribution in [0, 0.1) is 0 Å². The van der Waals surface area contributed by atoms with Crippen LogP contribution in [-0.2, 0) is 0 Å². The van der Waals surface area contributed by atoms with E-state index in [4.69, 9.17) is 4.74 Å². The summed E-state index contributed by atoms with van der Waals surface area (Å²) in [4.78, 5) is 11.0. The van der Waals surface area contributed by atoms with E-state index in [0.29, 0.717) is 22.8 Å². The van der Waals surface area contributed by atoms with Crippen LogP contribution in [0.25, 0.3) is 0 Å². The van der Waals surface area contributed by atoms with Crippen LogP contribution in [0.1, 0.15) is 5.56 Å². The number of carbonyl (C=O) groups is 1. The Kier molecular flexibility index (Phi) is 4.14. The van der Waals surface area contributed by atoms with Crippen LogP contribution in [0.15, 0.2) is 29.4 Å². The van der Waals surface area contributed by atoms with Gasteiger partial charge in [-0.25, -0.2) is 14.2 Å². The van der Waals surface area contributed by atoms with Gasteiger partial charge < -0.3 is 4.74 Å². The number of alkyl halides is 2. The summed E-state index contributed by atoms with van der Waals surface area (Å²) in [5.74, 6) is 0.731. The standard InChI is InChI=1S/C11H10F2N2O2S/c12-10(13)5-17-9-4-2-1-3-7(9)8-6-18-11(16)15-14-8/h1-4,10H,5-6H2,(H,15,16). The number of thioether (sulfide) groups is 1. The number of hydrogen-bond donors (Lipinski definition) is 1. The molecule has 0 fully saturated rings. The maximum atomic E-state index is 12.1. The monoisotopic (exact) mass is 272 g/mol. The fraction of sp³-hybridized carbons (Fsp3) is 0.273. The molecule has 4 nitrogen and oxygen atoms in total. The first kappa shape index (κ1) is 12.8. The van der Waals surface area contributed by atoms with Gasteiger partial charge in [0.1, 0.15) is 12.4 Å². The van der Waals surface area contributed by atoms with Gasteiger partial charge in [-0.3, -0.25) is 4.79 Å². The summed E-state index contributed by atoms with van der Waals surface area (Å²) in [6, 6.07) is 6.77. The summed E-state index contributed by atoms with van der Waals surface area (Å²) >= 11 is 1.07. The highest BCUT2D eigenvalue weighted by Crippen LogP contribution is 2.22. The largest absolute Gasteiger partial charge is 0.487 e. The molecule has 0 spiro atoms. The third kappa shape index (κ3) is 3.19. The number of hydrogen-bond acceptors (Lipinski definition) is 4. The molecule has 0 unspecified atom stereocenters. The second-order valence-electron chi connectivity index (χ2n) is 3.44. The maximum absolute atomic E-state index is 12.1. The second-order valence-corrected chi connectivity index (χ2v) is 4.39. The number of nitrogens with zero attached hydrogens (tertiary/aromatic N) is 1. The minimum absolute atomic E-state index is 0.232. The molecule has 0 bridgehead atoms. The zero-order valence-corrected chi connectivity index (χ0v) is 10.0. The smallest absolute Gasteiger partial charge is 0.299 e. The molecular weight excluding hydrogens is 262 g/mol. The van der Waals surface area contributed by atoms with Crippen LogP contribution in [-0.4, -0.2) is 29.7 Å². The molecule has 0 saturated carbocycles. The highest BCUT2D eigenvalue weighted by molar-refractivity contribution is 8.14. The van der Waals surface area contributed by atoms with Crippen molar-refractivity contribution in [1.29, 1.82) is 0 Å². The first-order chi connectivity index (χ1) is 8.66. The lowest BCUT2D eigenvalue weighted by Crippen LogP contribution is -2.24. The Hall–Kier alpha value is -1.63. The molecule has 1 heterocycles. The molecule has 1 aliphatic heterocycles. The van der Waals surface area contributed by atoms with E-state index in [9.17, 15) is 13.6 Å². The number of carbonyl (C=O) groups excluding carboxylic acids is 1. The van der Waals surface area contributed by atoms with Crippen LogP contribution in [0.3, 0.4) is 0 Å². The van der Waals surface area contributed by atoms with E-state index in [1.54, 1.807) is 24.3 Å². The van der Waals surface area contributed by atoms with Crippen LogP contribution in [0.2, 0.25) is 0 Å². The molecule has 1 aromatic rings. The van der Waals surface area contributed by atoms with Crippen LogP contribution < -0.4 is 10.2 Å². The minimum atomic E-state index is -2.53. The lowest BCUT2D eigenvalue weighted by molar-refractivity contribution is 0.0818. The van der Waals surface area contributed by atoms with Crippen molar-refractivity contribution in [2.75, 3.05) is 12.4 Å². The Labute approximate surface area is 106 Å². The normalized spacial score (nSPS) is 15.3. The number of nitrogens with one attached hydrogen (secondary N) is 1. The summed E-state index contributed by atoms with van der Waals surface area (Å²) in [5, 5.41) is 3.67. The highest BCUT2D eigenvalue weighted by atomic mass is 32.2. The summed E-state index contributed by atoms with van der Waals surface area (Å²) in [6.07, 6.45) is -2.53. The summed E-state index contributed by atoms with van der Waals surface area (Å²) < 4.78 is 29.3. The molecule has 96 valence electrons. The fourth-order valence-electron chi connectivity index (χ4n) is 1.43. The van der Waals surface area contributed by atoms with Gasteiger partial charge in [0, 0.05) is 11.3 Å². The Bertz CT molecular complexity index is 480. The third-order valence-corrected chi connectivity index (χ3v) is 2.96. The minimum Gasteiger partial charge on any atom is -0.487 e. The van der Waals surface area contributed by atoms with Crippen molar-refractivity contribution >= 4 is 22.7 Å². The van der Waals surface area contributed by atoms with Crippen LogP contribution >= 0.6 is 11.8 Å². The van der Waals surface area contributed by atoms with Crippen molar-refractivity contribution in [3.05, 3.63) is 29.8 Å². The molecule has 0 aromatic heterocycles. The predicted molar refractivity (Wildman–Crippen MR) is 65.5 cm³/mol. The average molecular weight is 272 g/mol. The van der Waals surface area contributed by atoms with Crippen molar-refractivity contribution in [3.63, 3.8) is 0 Å². The first-order valence-electron chi connectivity index (χ1n) is 5.16. The average Bonchev–Trinajstić information content (AvgIpc) is 2.38. The molecule has 2 rings (SSSR count). The van der Waals surface area contributed by atoms with Crippen molar-refractivity contribution in [2.45, 2.75) is 6.43 Å². The topological polar surface area (TPSA) is 50.7 Å². The van der Waals surface area contributed by atoms with Crippen molar-refractivity contribution in [3.8, 4) is 5.75 Å². The number of benzene rings is 1. The molecular formula is C11H10F2N2O2S. The van der Waals surface area contributed by atoms with Crippen LogP contribution in [0.4, 0.5) is 13.6 Å². The van der Waals surface area contributed by atoms with E-state index in [1.165, 1.54) is 0 Å². The van der Waals surface area contributed by atoms with Gasteiger partial charge in [0.2, 0.25) is 0 Å². The summed E-state index contributed by atoms with van der Waals surface area (Å²) in [5.41, 5.74) is 3.55. The molecule has 1 aliphatic rings. The van der Waals surface area contributed by atoms with Crippen molar-refractivity contribution in [1.82, 2.24) is 5.43 Å². The number of rotatable bonds is 4. The Balaban J connectivity index is 2.19. The maximum Gasteiger partial charge on any atom is 0.299 e. The number of hydrazone groups is 1. The van der Waals surface area contributed by atoms with E-state index in [-0.39, 0.29) is 5.24 Å². The predicted octanol–water partition coefficient (Wildman–Crippen LogP) is 2.49. The molecule has 1 aromatic carbocycles. The SMILES string of the molecule is O=C1NN=C(c2ccccc2OCC(F)F)CS1. The Morgan fingerprint density at radius 1 is 1.44 bits per heavy atom. The molecule has 1 amide bonds. The quantitative estimate of drug-likeness (QED) is 0.916. The zero-order valence-electron chi connectivity index (χ0n) is 9.23. The highest BCUT2D eigenvalue weighted by Gasteiger charge is 2.17. The van der Waals surface area contributed by atoms with E-state index in [2.05, 4.69) is 10.5 Å². The summed E-state index contributed by atoms with van der Waals surface area (Å²) in [7, 11) is 0. The number of halogens is 2. The first-order valence-corrected chi connectivity index (χ1v) is 6.15. The van der Waals surface area contributed by atoms with Gasteiger partial charge in [-0.2, -0.15) is 5.10 Å². The van der Waals surface area contributed by atoms with E-state index >= 15 is 0 Å². The van der Waals surface area contributed by atoms with Gasteiger partial charge in [-0.05, 0) is 12.1 Å². The molecule has 7 heteroatoms. The lowest BCUT2D eigenvalue weighted by atomic mass is 10.1. The Morgan fingerprint density at radius 2 is 2.22 bits per heavy atom. The molecule has 0 saturated heterocycles. The van der Waals surface area contributed by atoms with Gasteiger partial charge in [0.25, 0.3) is 11.7 Å². The van der Waals surface area contributed by atoms with Gasteiger partial charge in [0.05, 0.1) is 5.71 Å². The van der Waals surface area contributed by atoms with Gasteiger partial charge in [0.15, 0.2) is 0 Å². The van der Waals surface area contributed by atoms with Gasteiger partial charge >= 0.3 is 0 Å². The number of para-hydroxylation sites is 1. The summed E-state index contributed by atoms with van der Waals surface area (Å²) in [6.45, 7) is -0.663. The molecule has 0 atom stereocenters. The fourth-order valence-corrected chi connectivity index (χ4v) is 2.03. The molecule has 18 heavy (non-hydrogen) atoms. The molecule has 0 radical (unpaired) electrons. The third-order valence-electron chi connectivity index (χ3n) is 2.18. The van der Waals surface area contributed by atoms with Gasteiger partial charge in [-0.1, -0.05) is 23.9 Å². The lowest BCUT2D eigenvalue weighted by Gasteiger charge is -2.15. The van der Waals surface area contributed by atoms with E-state index in [0.717, 1.165) is 11.8 Å². The number of amides is 1. The van der Waals surface area contributed by atoms with Crippen LogP contribution in [0.5, 0.6) is 5.75 Å². The Morgan fingerprint density at radius 3 is 2.89 bits per heavy atom. The van der Waals surface area contributed by atoms with Crippen molar-refractivity contribution < 1.29 is 18.3 Å². The molecule has 1 N–H and O–H groups in total. The van der Waals surface area contributed by atoms with E-state index < -0.39 is 13.0 Å². The van der Waals surface area contributed by atoms with E-state index in [1.807, 2.05) is 0 Å².